The molecule has 2 fully saturated rings. The Morgan fingerprint density at radius 1 is 1.16 bits per heavy atom. The molecule has 0 bridgehead atoms. The molecule has 6 rings (SSSR count). The molecule has 1 saturated carbocycles. The molecule has 1 aromatic carbocycles. The molecule has 9 nitrogen and oxygen atoms in total. The second-order valence-electron chi connectivity index (χ2n) is 11.8. The van der Waals surface area contributed by atoms with Crippen molar-refractivity contribution in [1.82, 2.24) is 25.2 Å². The van der Waals surface area contributed by atoms with Crippen LogP contribution in [0.5, 0.6) is 17.2 Å². The SMILES string of the molecule is CC(C)N(CC(F)(F)F)C(=O)c1cc(F)ccc1Oc1cncnc1N1CC2(CC(Oc3ccnc4c3CNCC4)C2)C1. The summed E-state index contributed by atoms with van der Waals surface area (Å²) in [5.41, 5.74) is 1.96. The van der Waals surface area contributed by atoms with Gasteiger partial charge in [0.05, 0.1) is 11.8 Å². The molecular formula is C30H32F4N6O3. The van der Waals surface area contributed by atoms with Crippen LogP contribution >= 0.6 is 0 Å². The topological polar surface area (TPSA) is 92.7 Å². The van der Waals surface area contributed by atoms with Crippen LogP contribution < -0.4 is 19.7 Å². The van der Waals surface area contributed by atoms with Gasteiger partial charge in [0.2, 0.25) is 0 Å². The molecule has 1 aliphatic carbocycles. The molecule has 1 saturated heterocycles. The zero-order chi connectivity index (χ0) is 30.4. The predicted octanol–water partition coefficient (Wildman–Crippen LogP) is 4.91. The zero-order valence-corrected chi connectivity index (χ0v) is 23.8. The molecule has 1 spiro atoms. The van der Waals surface area contributed by atoms with Crippen molar-refractivity contribution in [3.05, 3.63) is 65.6 Å². The van der Waals surface area contributed by atoms with Gasteiger partial charge in [-0.2, -0.15) is 13.2 Å². The van der Waals surface area contributed by atoms with Crippen molar-refractivity contribution < 1.29 is 31.8 Å². The highest BCUT2D eigenvalue weighted by Gasteiger charge is 2.54. The van der Waals surface area contributed by atoms with Crippen molar-refractivity contribution in [3.63, 3.8) is 0 Å². The number of rotatable bonds is 8. The van der Waals surface area contributed by atoms with Gasteiger partial charge in [-0.05, 0) is 51.0 Å². The summed E-state index contributed by atoms with van der Waals surface area (Å²) < 4.78 is 66.2. The molecule has 43 heavy (non-hydrogen) atoms. The Morgan fingerprint density at radius 3 is 2.70 bits per heavy atom. The van der Waals surface area contributed by atoms with Crippen molar-refractivity contribution in [1.29, 1.82) is 0 Å². The first-order chi connectivity index (χ1) is 20.5. The van der Waals surface area contributed by atoms with Gasteiger partial charge in [0, 0.05) is 61.5 Å². The third kappa shape index (κ3) is 6.08. The van der Waals surface area contributed by atoms with Gasteiger partial charge < -0.3 is 24.6 Å². The van der Waals surface area contributed by atoms with Crippen molar-refractivity contribution in [2.45, 2.75) is 58.0 Å². The molecule has 1 amide bonds. The van der Waals surface area contributed by atoms with Crippen LogP contribution in [0, 0.1) is 11.2 Å². The Morgan fingerprint density at radius 2 is 1.95 bits per heavy atom. The molecule has 2 aliphatic heterocycles. The number of pyridine rings is 1. The monoisotopic (exact) mass is 600 g/mol. The number of amides is 1. The van der Waals surface area contributed by atoms with E-state index in [9.17, 15) is 22.4 Å². The first kappa shape index (κ1) is 29.1. The number of fused-ring (bicyclic) bond motifs is 1. The number of hydrogen-bond acceptors (Lipinski definition) is 8. The molecule has 0 atom stereocenters. The number of ether oxygens (including phenoxy) is 2. The van der Waals surface area contributed by atoms with Crippen molar-refractivity contribution in [2.75, 3.05) is 31.1 Å². The van der Waals surface area contributed by atoms with Crippen LogP contribution in [0.1, 0.15) is 48.3 Å². The predicted molar refractivity (Wildman–Crippen MR) is 149 cm³/mol. The highest BCUT2D eigenvalue weighted by Crippen LogP contribution is 2.52. The fourth-order valence-electron chi connectivity index (χ4n) is 6.12. The molecule has 0 unspecified atom stereocenters. The summed E-state index contributed by atoms with van der Waals surface area (Å²) in [6, 6.07) is 4.34. The number of anilines is 1. The van der Waals surface area contributed by atoms with Gasteiger partial charge in [-0.3, -0.25) is 9.78 Å². The Balaban J connectivity index is 1.14. The highest BCUT2D eigenvalue weighted by molar-refractivity contribution is 5.97. The van der Waals surface area contributed by atoms with E-state index in [0.717, 1.165) is 61.5 Å². The smallest absolute Gasteiger partial charge is 0.406 e. The van der Waals surface area contributed by atoms with Crippen LogP contribution in [-0.4, -0.2) is 70.3 Å². The summed E-state index contributed by atoms with van der Waals surface area (Å²) >= 11 is 0. The third-order valence-corrected chi connectivity index (χ3v) is 8.19. The second kappa shape index (κ2) is 11.3. The fourth-order valence-corrected chi connectivity index (χ4v) is 6.12. The number of halogens is 4. The van der Waals surface area contributed by atoms with E-state index in [1.807, 2.05) is 11.0 Å². The summed E-state index contributed by atoms with van der Waals surface area (Å²) in [4.78, 5) is 28.8. The van der Waals surface area contributed by atoms with Crippen molar-refractivity contribution in [3.8, 4) is 17.2 Å². The maximum Gasteiger partial charge on any atom is 0.406 e. The van der Waals surface area contributed by atoms with Crippen LogP contribution in [0.3, 0.4) is 0 Å². The summed E-state index contributed by atoms with van der Waals surface area (Å²) in [7, 11) is 0. The minimum atomic E-state index is -4.62. The van der Waals surface area contributed by atoms with Crippen molar-refractivity contribution >= 4 is 11.7 Å². The molecule has 13 heteroatoms. The normalized spacial score (nSPS) is 17.7. The Labute approximate surface area is 246 Å². The summed E-state index contributed by atoms with van der Waals surface area (Å²) in [5.74, 6) is -0.264. The van der Waals surface area contributed by atoms with Gasteiger partial charge >= 0.3 is 6.18 Å². The first-order valence-electron chi connectivity index (χ1n) is 14.2. The van der Waals surface area contributed by atoms with Crippen LogP contribution in [0.15, 0.2) is 43.0 Å². The van der Waals surface area contributed by atoms with Crippen LogP contribution in [0.2, 0.25) is 0 Å². The lowest BCUT2D eigenvalue weighted by molar-refractivity contribution is -0.143. The van der Waals surface area contributed by atoms with Crippen molar-refractivity contribution in [2.24, 2.45) is 5.41 Å². The quantitative estimate of drug-likeness (QED) is 0.365. The number of carbonyl (C=O) groups is 1. The number of hydrogen-bond donors (Lipinski definition) is 1. The number of nitrogens with one attached hydrogen (secondary N) is 1. The van der Waals surface area contributed by atoms with Gasteiger partial charge in [-0.25, -0.2) is 14.4 Å². The lowest BCUT2D eigenvalue weighted by Gasteiger charge is -2.59. The molecule has 4 heterocycles. The van der Waals surface area contributed by atoms with Crippen LogP contribution in [0.25, 0.3) is 0 Å². The van der Waals surface area contributed by atoms with E-state index in [1.54, 1.807) is 6.20 Å². The molecule has 3 aliphatic rings. The average Bonchev–Trinajstić information content (AvgIpc) is 2.93. The lowest BCUT2D eigenvalue weighted by Crippen LogP contribution is -2.65. The standard InChI is InChI=1S/C30H32F4N6O3/c1-18(2)40(16-30(32,33)34)28(41)21-9-19(31)3-4-24(21)43-26-13-36-17-38-27(26)39-14-29(15-39)10-20(11-29)42-25-6-8-37-23-5-7-35-12-22(23)25/h3-4,6,8-9,13,17-18,20,35H,5,7,10-12,14-16H2,1-2H3. The zero-order valence-electron chi connectivity index (χ0n) is 23.8. The number of nitrogens with zero attached hydrogens (tertiary/aromatic N) is 5. The van der Waals surface area contributed by atoms with E-state index >= 15 is 0 Å². The molecule has 228 valence electrons. The van der Waals surface area contributed by atoms with Gasteiger partial charge in [0.1, 0.15) is 36.3 Å². The molecule has 0 radical (unpaired) electrons. The van der Waals surface area contributed by atoms with Gasteiger partial charge in [-0.1, -0.05) is 0 Å². The van der Waals surface area contributed by atoms with E-state index in [0.29, 0.717) is 23.8 Å². The lowest BCUT2D eigenvalue weighted by atomic mass is 9.61. The van der Waals surface area contributed by atoms with E-state index in [1.165, 1.54) is 32.4 Å². The maximum absolute atomic E-state index is 14.2. The van der Waals surface area contributed by atoms with E-state index in [4.69, 9.17) is 9.47 Å². The summed E-state index contributed by atoms with van der Waals surface area (Å²) in [5, 5.41) is 3.37. The summed E-state index contributed by atoms with van der Waals surface area (Å²) in [6.45, 7) is 4.53. The highest BCUT2D eigenvalue weighted by atomic mass is 19.4. The van der Waals surface area contributed by atoms with Gasteiger partial charge in [0.15, 0.2) is 11.6 Å². The second-order valence-corrected chi connectivity index (χ2v) is 11.8. The fraction of sp³-hybridized carbons (Fsp3) is 0.467. The molecule has 1 N–H and O–H groups in total. The maximum atomic E-state index is 14.2. The molecule has 2 aromatic heterocycles. The Kier molecular flexibility index (Phi) is 7.61. The van der Waals surface area contributed by atoms with Crippen LogP contribution in [0.4, 0.5) is 23.4 Å². The van der Waals surface area contributed by atoms with Crippen LogP contribution in [-0.2, 0) is 13.0 Å². The minimum Gasteiger partial charge on any atom is -0.490 e. The third-order valence-electron chi connectivity index (χ3n) is 8.19. The largest absolute Gasteiger partial charge is 0.490 e. The number of aromatic nitrogens is 3. The van der Waals surface area contributed by atoms with Gasteiger partial charge in [0.25, 0.3) is 5.91 Å². The van der Waals surface area contributed by atoms with E-state index < -0.39 is 30.5 Å². The number of alkyl halides is 3. The molecular weight excluding hydrogens is 568 g/mol. The first-order valence-corrected chi connectivity index (χ1v) is 14.2. The average molecular weight is 601 g/mol. The van der Waals surface area contributed by atoms with Gasteiger partial charge in [-0.15, -0.1) is 0 Å². The molecule has 3 aromatic rings. The summed E-state index contributed by atoms with van der Waals surface area (Å²) in [6.07, 6.45) is 2.73. The number of carbonyl (C=O) groups excluding carboxylic acids is 1. The Bertz CT molecular complexity index is 1500. The van der Waals surface area contributed by atoms with E-state index in [-0.39, 0.29) is 28.6 Å². The van der Waals surface area contributed by atoms with E-state index in [2.05, 4.69) is 20.3 Å². The minimum absolute atomic E-state index is 0.0740. The Hall–Kier alpha value is -4.00. The number of benzene rings is 1.